The number of alkyl carbamates (subject to hydrolysis) is 1. The second-order valence-electron chi connectivity index (χ2n) is 13.1. The number of carbonyl (C=O) groups excluding carboxylic acids is 2. The molecule has 0 aromatic heterocycles. The minimum atomic E-state index is -1.08. The van der Waals surface area contributed by atoms with Gasteiger partial charge in [-0.05, 0) is 97.5 Å². The molecule has 2 amide bonds. The molecule has 1 atom stereocenters. The number of carboxylic acids is 1. The number of hydrogen-bond acceptors (Lipinski definition) is 5. The van der Waals surface area contributed by atoms with Crippen LogP contribution in [0.3, 0.4) is 0 Å². The first kappa shape index (κ1) is 34.5. The number of rotatable bonds is 14. The van der Waals surface area contributed by atoms with Gasteiger partial charge in [-0.3, -0.25) is 4.79 Å². The Morgan fingerprint density at radius 1 is 1.00 bits per heavy atom. The van der Waals surface area contributed by atoms with Crippen molar-refractivity contribution in [3.05, 3.63) is 82.9 Å². The molecule has 246 valence electrons. The zero-order chi connectivity index (χ0) is 33.3. The number of fused-ring (bicyclic) bond motifs is 1. The topological polar surface area (TPSA) is 105 Å². The molecule has 9 nitrogen and oxygen atoms in total. The van der Waals surface area contributed by atoms with Crippen molar-refractivity contribution >= 4 is 23.7 Å². The number of benzene rings is 3. The van der Waals surface area contributed by atoms with Crippen molar-refractivity contribution in [2.24, 2.45) is 0 Å². The van der Waals surface area contributed by atoms with Gasteiger partial charge in [-0.25, -0.2) is 9.59 Å². The third-order valence-electron chi connectivity index (χ3n) is 8.42. The quantitative estimate of drug-likeness (QED) is 0.161. The van der Waals surface area contributed by atoms with Gasteiger partial charge in [-0.1, -0.05) is 42.5 Å². The molecule has 1 heterocycles. The van der Waals surface area contributed by atoms with Crippen molar-refractivity contribution in [1.29, 1.82) is 0 Å². The van der Waals surface area contributed by atoms with Gasteiger partial charge >= 0.3 is 12.1 Å². The fraction of sp³-hybridized carbons (Fsp3) is 0.432. The summed E-state index contributed by atoms with van der Waals surface area (Å²) < 4.78 is 12.1. The molecule has 1 aliphatic heterocycles. The summed E-state index contributed by atoms with van der Waals surface area (Å²) in [7, 11) is 6.12. The first-order valence-electron chi connectivity index (χ1n) is 16.1. The number of carbonyl (C=O) groups is 3. The highest BCUT2D eigenvalue weighted by Gasteiger charge is 2.25. The number of amides is 2. The van der Waals surface area contributed by atoms with E-state index in [1.165, 1.54) is 5.56 Å². The van der Waals surface area contributed by atoms with Gasteiger partial charge in [-0.15, -0.1) is 0 Å². The summed E-state index contributed by atoms with van der Waals surface area (Å²) in [6.07, 6.45) is 3.01. The first-order chi connectivity index (χ1) is 21.9. The van der Waals surface area contributed by atoms with E-state index >= 15 is 0 Å². The molecule has 0 radical (unpaired) electrons. The molecule has 9 heteroatoms. The average Bonchev–Trinajstić information content (AvgIpc) is 3.02. The third-order valence-corrected chi connectivity index (χ3v) is 8.42. The zero-order valence-corrected chi connectivity index (χ0v) is 27.8. The van der Waals surface area contributed by atoms with Crippen molar-refractivity contribution in [1.82, 2.24) is 5.32 Å². The lowest BCUT2D eigenvalue weighted by Gasteiger charge is -2.31. The first-order valence-corrected chi connectivity index (χ1v) is 16.1. The lowest BCUT2D eigenvalue weighted by Crippen LogP contribution is -2.42. The number of anilines is 1. The standard InChI is InChI=1S/C37H47N3O6/c1-26-12-6-19-34(27(26)2)45-23-11-20-35(41)39-21-9-16-31-30(15-8-18-33(31)39)29-14-7-13-28(24-29)25-46-37(44)38-32(36(42)43)17-10-22-40(3,4)5/h6-8,12-15,18-19,24,32H,9-11,16-17,20-23,25H2,1-5H3,(H-,38,42,43,44)/p+1. The second kappa shape index (κ2) is 15.8. The molecule has 3 aromatic carbocycles. The molecule has 46 heavy (non-hydrogen) atoms. The largest absolute Gasteiger partial charge is 0.493 e. The van der Waals surface area contributed by atoms with Crippen LogP contribution in [0.25, 0.3) is 11.1 Å². The van der Waals surface area contributed by atoms with Crippen LogP contribution in [-0.4, -0.2) is 74.4 Å². The number of aryl methyl sites for hydroxylation is 1. The highest BCUT2D eigenvalue weighted by molar-refractivity contribution is 5.96. The van der Waals surface area contributed by atoms with E-state index in [1.54, 1.807) is 0 Å². The Morgan fingerprint density at radius 3 is 2.52 bits per heavy atom. The SMILES string of the molecule is Cc1cccc(OCCCC(=O)N2CCCc3c(-c4cccc(COC(=O)NC(CCC[N+](C)(C)C)C(=O)O)c4)cccc32)c1C. The van der Waals surface area contributed by atoms with E-state index in [2.05, 4.69) is 24.4 Å². The summed E-state index contributed by atoms with van der Waals surface area (Å²) in [5, 5.41) is 12.1. The van der Waals surface area contributed by atoms with E-state index in [9.17, 15) is 19.5 Å². The third kappa shape index (κ3) is 9.57. The molecule has 0 bridgehead atoms. The smallest absolute Gasteiger partial charge is 0.408 e. The van der Waals surface area contributed by atoms with Crippen LogP contribution in [0.15, 0.2) is 60.7 Å². The van der Waals surface area contributed by atoms with Crippen molar-refractivity contribution < 1.29 is 33.4 Å². The summed E-state index contributed by atoms with van der Waals surface area (Å²) in [6, 6.07) is 18.8. The molecule has 0 aliphatic carbocycles. The number of nitrogens with zero attached hydrogens (tertiary/aromatic N) is 2. The summed E-state index contributed by atoms with van der Waals surface area (Å²) in [4.78, 5) is 39.4. The molecule has 2 N–H and O–H groups in total. The molecular weight excluding hydrogens is 582 g/mol. The number of quaternary nitrogens is 1. The molecule has 0 fully saturated rings. The van der Waals surface area contributed by atoms with Crippen LogP contribution in [0.5, 0.6) is 5.75 Å². The highest BCUT2D eigenvalue weighted by Crippen LogP contribution is 2.36. The summed E-state index contributed by atoms with van der Waals surface area (Å²) in [5.74, 6) is -0.121. The summed E-state index contributed by atoms with van der Waals surface area (Å²) >= 11 is 0. The highest BCUT2D eigenvalue weighted by atomic mass is 16.5. The van der Waals surface area contributed by atoms with Crippen LogP contribution >= 0.6 is 0 Å². The van der Waals surface area contributed by atoms with Gasteiger partial charge < -0.3 is 29.3 Å². The lowest BCUT2D eigenvalue weighted by atomic mass is 9.91. The van der Waals surface area contributed by atoms with Gasteiger partial charge in [0.25, 0.3) is 0 Å². The fourth-order valence-corrected chi connectivity index (χ4v) is 5.76. The van der Waals surface area contributed by atoms with Crippen LogP contribution in [-0.2, 0) is 27.4 Å². The zero-order valence-electron chi connectivity index (χ0n) is 27.8. The number of ether oxygens (including phenoxy) is 2. The Morgan fingerprint density at radius 2 is 1.76 bits per heavy atom. The molecular formula is C37H48N3O6+. The van der Waals surface area contributed by atoms with Crippen LogP contribution in [0.4, 0.5) is 10.5 Å². The Hall–Kier alpha value is -4.37. The Balaban J connectivity index is 1.36. The van der Waals surface area contributed by atoms with Gasteiger partial charge in [0.2, 0.25) is 5.91 Å². The maximum Gasteiger partial charge on any atom is 0.408 e. The molecule has 3 aromatic rings. The van der Waals surface area contributed by atoms with Gasteiger partial charge in [0, 0.05) is 18.7 Å². The van der Waals surface area contributed by atoms with Crippen molar-refractivity contribution in [2.75, 3.05) is 45.7 Å². The van der Waals surface area contributed by atoms with Crippen molar-refractivity contribution in [3.8, 4) is 16.9 Å². The van der Waals surface area contributed by atoms with E-state index < -0.39 is 18.1 Å². The Bertz CT molecular complexity index is 1530. The monoisotopic (exact) mass is 630 g/mol. The number of carboxylic acid groups (broad SMARTS) is 1. The number of hydrogen-bond donors (Lipinski definition) is 2. The molecule has 0 saturated heterocycles. The van der Waals surface area contributed by atoms with E-state index in [0.29, 0.717) is 38.8 Å². The maximum absolute atomic E-state index is 13.3. The van der Waals surface area contributed by atoms with Crippen LogP contribution in [0, 0.1) is 13.8 Å². The average molecular weight is 631 g/mol. The minimum absolute atomic E-state index is 0.00860. The van der Waals surface area contributed by atoms with E-state index in [4.69, 9.17) is 9.47 Å². The predicted octanol–water partition coefficient (Wildman–Crippen LogP) is 6.27. The van der Waals surface area contributed by atoms with Gasteiger partial charge in [0.1, 0.15) is 18.4 Å². The molecule has 0 saturated carbocycles. The van der Waals surface area contributed by atoms with Crippen LogP contribution < -0.4 is 15.0 Å². The van der Waals surface area contributed by atoms with Crippen molar-refractivity contribution in [2.45, 2.75) is 65.0 Å². The minimum Gasteiger partial charge on any atom is -0.493 e. The van der Waals surface area contributed by atoms with E-state index in [-0.39, 0.29) is 12.5 Å². The van der Waals surface area contributed by atoms with Crippen LogP contribution in [0.2, 0.25) is 0 Å². The predicted molar refractivity (Wildman–Crippen MR) is 180 cm³/mol. The molecule has 0 spiro atoms. The molecule has 4 rings (SSSR count). The Labute approximate surface area is 272 Å². The molecule has 1 aliphatic rings. The van der Waals surface area contributed by atoms with E-state index in [1.807, 2.05) is 81.5 Å². The fourth-order valence-electron chi connectivity index (χ4n) is 5.76. The maximum atomic E-state index is 13.3. The lowest BCUT2D eigenvalue weighted by molar-refractivity contribution is -0.870. The van der Waals surface area contributed by atoms with E-state index in [0.717, 1.165) is 63.1 Å². The number of nitrogens with one attached hydrogen (secondary N) is 1. The molecule has 1 unspecified atom stereocenters. The second-order valence-corrected chi connectivity index (χ2v) is 13.1. The summed E-state index contributed by atoms with van der Waals surface area (Å²) in [5.41, 5.74) is 7.18. The summed E-state index contributed by atoms with van der Waals surface area (Å²) in [6.45, 7) is 6.08. The van der Waals surface area contributed by atoms with Gasteiger partial charge in [-0.2, -0.15) is 0 Å². The normalized spacial score (nSPS) is 13.5. The van der Waals surface area contributed by atoms with Crippen molar-refractivity contribution in [3.63, 3.8) is 0 Å². The van der Waals surface area contributed by atoms with Gasteiger partial charge in [0.15, 0.2) is 0 Å². The number of aliphatic carboxylic acids is 1. The Kier molecular flexibility index (Phi) is 11.8. The van der Waals surface area contributed by atoms with Crippen LogP contribution in [0.1, 0.15) is 54.4 Å². The van der Waals surface area contributed by atoms with Gasteiger partial charge in [0.05, 0.1) is 34.3 Å².